The van der Waals surface area contributed by atoms with Crippen LogP contribution in [-0.2, 0) is 23.2 Å². The third kappa shape index (κ3) is 5.75. The van der Waals surface area contributed by atoms with E-state index in [1.165, 1.54) is 17.2 Å². The van der Waals surface area contributed by atoms with Crippen LogP contribution in [0, 0.1) is 5.82 Å². The molecule has 0 radical (unpaired) electrons. The number of fused-ring (bicyclic) bond motifs is 1. The summed E-state index contributed by atoms with van der Waals surface area (Å²) in [6.45, 7) is 4.89. The summed E-state index contributed by atoms with van der Waals surface area (Å²) in [6, 6.07) is 15.1. The van der Waals surface area contributed by atoms with Crippen LogP contribution in [0.1, 0.15) is 36.5 Å². The number of hydrogen-bond donors (Lipinski definition) is 2. The Morgan fingerprint density at radius 2 is 1.90 bits per heavy atom. The molecule has 2 aliphatic rings. The molecule has 0 aromatic heterocycles. The first kappa shape index (κ1) is 23.5. The van der Waals surface area contributed by atoms with E-state index in [9.17, 15) is 9.18 Å². The Labute approximate surface area is 200 Å². The Morgan fingerprint density at radius 3 is 2.61 bits per heavy atom. The van der Waals surface area contributed by atoms with Crippen LogP contribution in [0.15, 0.2) is 53.5 Å². The number of guanidine groups is 1. The van der Waals surface area contributed by atoms with Crippen LogP contribution in [0.3, 0.4) is 0 Å². The lowest BCUT2D eigenvalue weighted by atomic mass is 9.96. The van der Waals surface area contributed by atoms with Gasteiger partial charge in [0.15, 0.2) is 5.96 Å². The second kappa shape index (κ2) is 10.4. The fourth-order valence-electron chi connectivity index (χ4n) is 4.09. The minimum absolute atomic E-state index is 0. The van der Waals surface area contributed by atoms with E-state index >= 15 is 0 Å². The van der Waals surface area contributed by atoms with Crippen molar-refractivity contribution in [3.8, 4) is 0 Å². The third-order valence-corrected chi connectivity index (χ3v) is 6.08. The summed E-state index contributed by atoms with van der Waals surface area (Å²) in [7, 11) is 0. The molecule has 0 spiro atoms. The topological polar surface area (TPSA) is 56.7 Å². The number of nitrogens with one attached hydrogen (secondary N) is 2. The van der Waals surface area contributed by atoms with Gasteiger partial charge >= 0.3 is 0 Å². The zero-order valence-electron chi connectivity index (χ0n) is 17.9. The lowest BCUT2D eigenvalue weighted by Gasteiger charge is -2.28. The number of carbonyl (C=O) groups is 1. The average Bonchev–Trinajstić information content (AvgIpc) is 3.56. The highest BCUT2D eigenvalue weighted by atomic mass is 127. The van der Waals surface area contributed by atoms with Gasteiger partial charge in [0.25, 0.3) is 0 Å². The monoisotopic (exact) mass is 536 g/mol. The van der Waals surface area contributed by atoms with E-state index in [-0.39, 0.29) is 47.7 Å². The lowest BCUT2D eigenvalue weighted by Crippen LogP contribution is -2.42. The molecule has 1 fully saturated rings. The molecular formula is C24H30FIN4O. The molecule has 1 aliphatic carbocycles. The Bertz CT molecular complexity index is 945. The van der Waals surface area contributed by atoms with E-state index in [0.717, 1.165) is 31.4 Å². The molecular weight excluding hydrogens is 506 g/mol. The Morgan fingerprint density at radius 1 is 1.13 bits per heavy atom. The van der Waals surface area contributed by atoms with E-state index < -0.39 is 0 Å². The van der Waals surface area contributed by atoms with E-state index in [0.29, 0.717) is 25.6 Å². The van der Waals surface area contributed by atoms with Crippen LogP contribution in [0.25, 0.3) is 0 Å². The fourth-order valence-corrected chi connectivity index (χ4v) is 4.09. The van der Waals surface area contributed by atoms with Crippen molar-refractivity contribution in [2.45, 2.75) is 38.1 Å². The molecule has 1 saturated carbocycles. The molecule has 2 aromatic carbocycles. The van der Waals surface area contributed by atoms with Crippen molar-refractivity contribution in [2.24, 2.45) is 4.99 Å². The van der Waals surface area contributed by atoms with Crippen LogP contribution in [0.5, 0.6) is 0 Å². The standard InChI is InChI=1S/C24H29FN4O.HI/c1-2-26-23(28-17-24(11-12-24)20-8-5-9-21(25)14-20)27-15-22(30)29-13-10-18-6-3-4-7-19(18)16-29;/h3-9,14H,2,10-13,15-17H2,1H3,(H2,26,27,28);1H. The average molecular weight is 536 g/mol. The number of halogens is 2. The minimum atomic E-state index is -0.201. The number of aliphatic imine (C=N–C) groups is 1. The van der Waals surface area contributed by atoms with Crippen molar-refractivity contribution in [2.75, 3.05) is 26.2 Å². The second-order valence-corrected chi connectivity index (χ2v) is 8.17. The predicted octanol–water partition coefficient (Wildman–Crippen LogP) is 3.62. The van der Waals surface area contributed by atoms with Gasteiger partial charge in [0.2, 0.25) is 5.91 Å². The largest absolute Gasteiger partial charge is 0.357 e. The van der Waals surface area contributed by atoms with Gasteiger partial charge in [-0.15, -0.1) is 24.0 Å². The normalized spacial score (nSPS) is 16.7. The molecule has 5 nitrogen and oxygen atoms in total. The number of benzene rings is 2. The summed E-state index contributed by atoms with van der Waals surface area (Å²) in [5.41, 5.74) is 3.52. The van der Waals surface area contributed by atoms with Crippen molar-refractivity contribution in [3.05, 3.63) is 71.0 Å². The minimum Gasteiger partial charge on any atom is -0.357 e. The Hall–Kier alpha value is -2.16. The molecule has 0 bridgehead atoms. The van der Waals surface area contributed by atoms with Crippen molar-refractivity contribution >= 4 is 35.8 Å². The third-order valence-electron chi connectivity index (χ3n) is 6.08. The van der Waals surface area contributed by atoms with Crippen LogP contribution < -0.4 is 10.6 Å². The fraction of sp³-hybridized carbons (Fsp3) is 0.417. The molecule has 1 heterocycles. The predicted molar refractivity (Wildman–Crippen MR) is 132 cm³/mol. The van der Waals surface area contributed by atoms with Gasteiger partial charge in [-0.3, -0.25) is 4.79 Å². The van der Waals surface area contributed by atoms with Gasteiger partial charge in [-0.25, -0.2) is 9.38 Å². The van der Waals surface area contributed by atoms with Gasteiger partial charge < -0.3 is 15.5 Å². The molecule has 2 N–H and O–H groups in total. The molecule has 0 unspecified atom stereocenters. The zero-order chi connectivity index (χ0) is 21.0. The van der Waals surface area contributed by atoms with Crippen molar-refractivity contribution < 1.29 is 9.18 Å². The summed E-state index contributed by atoms with van der Waals surface area (Å²) in [6.07, 6.45) is 2.93. The summed E-state index contributed by atoms with van der Waals surface area (Å²) in [5, 5.41) is 6.57. The summed E-state index contributed by atoms with van der Waals surface area (Å²) >= 11 is 0. The maximum atomic E-state index is 13.6. The molecule has 166 valence electrons. The molecule has 0 saturated heterocycles. The molecule has 2 aromatic rings. The lowest BCUT2D eigenvalue weighted by molar-refractivity contribution is -0.130. The molecule has 1 aliphatic heterocycles. The summed E-state index contributed by atoms with van der Waals surface area (Å²) in [5.74, 6) is 0.465. The van der Waals surface area contributed by atoms with E-state index in [2.05, 4.69) is 27.8 Å². The van der Waals surface area contributed by atoms with E-state index in [1.54, 1.807) is 12.1 Å². The zero-order valence-corrected chi connectivity index (χ0v) is 20.2. The van der Waals surface area contributed by atoms with E-state index in [4.69, 9.17) is 0 Å². The van der Waals surface area contributed by atoms with Gasteiger partial charge in [-0.2, -0.15) is 0 Å². The van der Waals surface area contributed by atoms with Gasteiger partial charge in [0.1, 0.15) is 12.4 Å². The van der Waals surface area contributed by atoms with Crippen molar-refractivity contribution in [3.63, 3.8) is 0 Å². The highest BCUT2D eigenvalue weighted by Gasteiger charge is 2.44. The van der Waals surface area contributed by atoms with Crippen LogP contribution in [0.4, 0.5) is 4.39 Å². The van der Waals surface area contributed by atoms with Crippen LogP contribution >= 0.6 is 24.0 Å². The summed E-state index contributed by atoms with van der Waals surface area (Å²) in [4.78, 5) is 19.1. The first-order chi connectivity index (χ1) is 14.6. The Kier molecular flexibility index (Phi) is 7.91. The number of carbonyl (C=O) groups excluding carboxylic acids is 1. The van der Waals surface area contributed by atoms with Gasteiger partial charge in [0, 0.05) is 31.6 Å². The highest BCUT2D eigenvalue weighted by Crippen LogP contribution is 2.47. The second-order valence-electron chi connectivity index (χ2n) is 8.17. The maximum Gasteiger partial charge on any atom is 0.244 e. The number of amides is 1. The van der Waals surface area contributed by atoms with Crippen LogP contribution in [0.2, 0.25) is 0 Å². The number of rotatable bonds is 6. The molecule has 1 amide bonds. The maximum absolute atomic E-state index is 13.6. The highest BCUT2D eigenvalue weighted by molar-refractivity contribution is 14.0. The first-order valence-electron chi connectivity index (χ1n) is 10.7. The number of hydrogen-bond acceptors (Lipinski definition) is 2. The summed E-state index contributed by atoms with van der Waals surface area (Å²) < 4.78 is 13.6. The van der Waals surface area contributed by atoms with Crippen LogP contribution in [-0.4, -0.2) is 42.9 Å². The molecule has 0 atom stereocenters. The van der Waals surface area contributed by atoms with Crippen molar-refractivity contribution in [1.29, 1.82) is 0 Å². The molecule has 31 heavy (non-hydrogen) atoms. The van der Waals surface area contributed by atoms with Gasteiger partial charge in [0.05, 0.1) is 0 Å². The van der Waals surface area contributed by atoms with Crippen molar-refractivity contribution in [1.82, 2.24) is 15.5 Å². The van der Waals surface area contributed by atoms with Gasteiger partial charge in [-0.05, 0) is 55.0 Å². The smallest absolute Gasteiger partial charge is 0.244 e. The SMILES string of the molecule is CCNC(=NCC(=O)N1CCc2ccccc2C1)NCC1(c2cccc(F)c2)CC1.I. The Balaban J connectivity index is 0.00000272. The quantitative estimate of drug-likeness (QED) is 0.337. The molecule has 7 heteroatoms. The number of nitrogens with zero attached hydrogens (tertiary/aromatic N) is 2. The van der Waals surface area contributed by atoms with E-state index in [1.807, 2.05) is 30.0 Å². The first-order valence-corrected chi connectivity index (χ1v) is 10.7. The molecule has 4 rings (SSSR count). The van der Waals surface area contributed by atoms with Gasteiger partial charge in [-0.1, -0.05) is 36.4 Å².